The molecule has 0 atom stereocenters. The Morgan fingerprint density at radius 1 is 1.12 bits per heavy atom. The Bertz CT molecular complexity index is 882. The second-order valence-corrected chi connectivity index (χ2v) is 8.16. The van der Waals surface area contributed by atoms with Crippen LogP contribution in [0.5, 0.6) is 5.75 Å². The minimum absolute atomic E-state index is 0.0173. The molecule has 0 amide bonds. The van der Waals surface area contributed by atoms with Crippen molar-refractivity contribution in [3.05, 3.63) is 42.5 Å². The first-order valence-corrected chi connectivity index (χ1v) is 8.16. The lowest BCUT2D eigenvalue weighted by molar-refractivity contribution is 0.404. The van der Waals surface area contributed by atoms with E-state index in [9.17, 15) is 8.78 Å². The van der Waals surface area contributed by atoms with E-state index in [0.29, 0.717) is 22.7 Å². The van der Waals surface area contributed by atoms with Crippen molar-refractivity contribution in [3.63, 3.8) is 0 Å². The molecule has 0 saturated heterocycles. The quantitative estimate of drug-likeness (QED) is 0.513. The zero-order valence-corrected chi connectivity index (χ0v) is 14.6. The summed E-state index contributed by atoms with van der Waals surface area (Å²) in [5, 5.41) is 0. The number of nitrogens with zero attached hydrogens (tertiary/aromatic N) is 3. The molecule has 24 heavy (non-hydrogen) atoms. The van der Waals surface area contributed by atoms with Crippen molar-refractivity contribution in [2.75, 3.05) is 7.11 Å². The number of hydrogen-bond donors (Lipinski definition) is 0. The highest BCUT2D eigenvalue weighted by molar-refractivity contribution is 8.00. The second-order valence-electron chi connectivity index (χ2n) is 6.29. The van der Waals surface area contributed by atoms with Gasteiger partial charge in [0.05, 0.1) is 23.9 Å². The summed E-state index contributed by atoms with van der Waals surface area (Å²) < 4.78 is 34.1. The van der Waals surface area contributed by atoms with Gasteiger partial charge in [-0.3, -0.25) is 4.40 Å². The molecule has 0 bridgehead atoms. The summed E-state index contributed by atoms with van der Waals surface area (Å²) in [6.07, 6.45) is 3.46. The zero-order valence-electron chi connectivity index (χ0n) is 13.8. The molecule has 0 N–H and O–H groups in total. The highest BCUT2D eigenvalue weighted by Gasteiger charge is 2.18. The van der Waals surface area contributed by atoms with Crippen molar-refractivity contribution in [1.82, 2.24) is 14.4 Å². The van der Waals surface area contributed by atoms with Crippen LogP contribution in [0.2, 0.25) is 0 Å². The fraction of sp³-hybridized carbons (Fsp3) is 0.294. The molecule has 0 fully saturated rings. The fourth-order valence-electron chi connectivity index (χ4n) is 2.38. The van der Waals surface area contributed by atoms with E-state index in [1.807, 2.05) is 12.3 Å². The van der Waals surface area contributed by atoms with Gasteiger partial charge in [0, 0.05) is 34.7 Å². The van der Waals surface area contributed by atoms with Crippen LogP contribution in [0.15, 0.2) is 35.5 Å². The summed E-state index contributed by atoms with van der Waals surface area (Å²) in [4.78, 5) is 8.36. The van der Waals surface area contributed by atoms with E-state index in [0.717, 1.165) is 4.90 Å². The first-order valence-electron chi connectivity index (χ1n) is 7.34. The van der Waals surface area contributed by atoms with Gasteiger partial charge in [0.1, 0.15) is 11.4 Å². The van der Waals surface area contributed by atoms with Gasteiger partial charge in [-0.15, -0.1) is 11.8 Å². The smallest absolute Gasteiger partial charge is 0.216 e. The lowest BCUT2D eigenvalue weighted by atomic mass is 10.2. The minimum Gasteiger partial charge on any atom is -0.495 e. The van der Waals surface area contributed by atoms with Gasteiger partial charge in [-0.2, -0.15) is 13.8 Å². The number of thioether (sulfide) groups is 1. The summed E-state index contributed by atoms with van der Waals surface area (Å²) in [7, 11) is 1.61. The number of ether oxygens (including phenoxy) is 1. The molecular weight excluding hydrogens is 332 g/mol. The predicted molar refractivity (Wildman–Crippen MR) is 90.5 cm³/mol. The summed E-state index contributed by atoms with van der Waals surface area (Å²) in [6.45, 7) is 6.30. The molecule has 3 aromatic heterocycles. The van der Waals surface area contributed by atoms with E-state index in [-0.39, 0.29) is 4.75 Å². The Balaban J connectivity index is 2.19. The first kappa shape index (κ1) is 16.7. The maximum absolute atomic E-state index is 13.4. The third kappa shape index (κ3) is 3.36. The molecule has 3 rings (SSSR count). The largest absolute Gasteiger partial charge is 0.495 e. The predicted octanol–water partition coefficient (Wildman–Crippen LogP) is 4.57. The Labute approximate surface area is 142 Å². The van der Waals surface area contributed by atoms with Crippen molar-refractivity contribution in [1.29, 1.82) is 0 Å². The van der Waals surface area contributed by atoms with Crippen LogP contribution in [0.3, 0.4) is 0 Å². The monoisotopic (exact) mass is 349 g/mol. The maximum Gasteiger partial charge on any atom is 0.216 e. The van der Waals surface area contributed by atoms with Crippen LogP contribution < -0.4 is 4.74 Å². The maximum atomic E-state index is 13.4. The van der Waals surface area contributed by atoms with Crippen LogP contribution in [0, 0.1) is 11.9 Å². The number of fused-ring (bicyclic) bond motifs is 1. The molecule has 0 aromatic carbocycles. The Morgan fingerprint density at radius 2 is 1.79 bits per heavy atom. The van der Waals surface area contributed by atoms with E-state index >= 15 is 0 Å². The van der Waals surface area contributed by atoms with Gasteiger partial charge in [0.15, 0.2) is 0 Å². The van der Waals surface area contributed by atoms with E-state index < -0.39 is 11.9 Å². The average Bonchev–Trinajstić information content (AvgIpc) is 2.86. The van der Waals surface area contributed by atoms with E-state index in [4.69, 9.17) is 4.74 Å². The molecule has 7 heteroatoms. The summed E-state index contributed by atoms with van der Waals surface area (Å²) in [6, 6.07) is 4.19. The molecule has 0 unspecified atom stereocenters. The van der Waals surface area contributed by atoms with Crippen LogP contribution >= 0.6 is 11.8 Å². The van der Waals surface area contributed by atoms with E-state index in [2.05, 4.69) is 30.7 Å². The number of imidazole rings is 1. The number of aromatic nitrogens is 3. The second kappa shape index (κ2) is 6.05. The molecule has 0 aliphatic heterocycles. The van der Waals surface area contributed by atoms with Crippen LogP contribution in [0.1, 0.15) is 20.8 Å². The van der Waals surface area contributed by atoms with Crippen LogP contribution in [-0.4, -0.2) is 26.2 Å². The van der Waals surface area contributed by atoms with E-state index in [1.165, 1.54) is 12.1 Å². The normalized spacial score (nSPS) is 11.9. The Morgan fingerprint density at radius 3 is 2.38 bits per heavy atom. The number of hydrogen-bond acceptors (Lipinski definition) is 4. The minimum atomic E-state index is -0.863. The molecule has 126 valence electrons. The van der Waals surface area contributed by atoms with Gasteiger partial charge in [-0.25, -0.2) is 4.98 Å². The SMILES string of the molecule is COc1cc2ncc(-c3cc(F)nc(F)c3)n2cc1SC(C)(C)C. The third-order valence-electron chi connectivity index (χ3n) is 3.27. The van der Waals surface area contributed by atoms with Crippen molar-refractivity contribution in [2.45, 2.75) is 30.4 Å². The van der Waals surface area contributed by atoms with Crippen molar-refractivity contribution >= 4 is 17.4 Å². The molecule has 0 aliphatic carbocycles. The summed E-state index contributed by atoms with van der Waals surface area (Å²) in [5.74, 6) is -1.01. The molecule has 3 aromatic rings. The number of halogens is 2. The average molecular weight is 349 g/mol. The topological polar surface area (TPSA) is 39.4 Å². The van der Waals surface area contributed by atoms with Crippen molar-refractivity contribution in [2.24, 2.45) is 0 Å². The zero-order chi connectivity index (χ0) is 17.5. The van der Waals surface area contributed by atoms with Crippen LogP contribution in [0.25, 0.3) is 16.9 Å². The standard InChI is InChI=1S/C17H17F2N3OS/c1-17(2,3)24-13-9-22-11(8-20-16(22)7-12(13)23-4)10-5-14(18)21-15(19)6-10/h5-9H,1-4H3. The highest BCUT2D eigenvalue weighted by atomic mass is 32.2. The molecule has 0 radical (unpaired) electrons. The molecule has 0 spiro atoms. The van der Waals surface area contributed by atoms with Gasteiger partial charge in [-0.1, -0.05) is 20.8 Å². The lowest BCUT2D eigenvalue weighted by Gasteiger charge is -2.19. The highest BCUT2D eigenvalue weighted by Crippen LogP contribution is 2.39. The van der Waals surface area contributed by atoms with Crippen molar-refractivity contribution < 1.29 is 13.5 Å². The molecule has 4 nitrogen and oxygen atoms in total. The summed E-state index contributed by atoms with van der Waals surface area (Å²) in [5.41, 5.74) is 1.60. The number of pyridine rings is 2. The first-order chi connectivity index (χ1) is 11.3. The van der Waals surface area contributed by atoms with Gasteiger partial charge in [0.25, 0.3) is 0 Å². The lowest BCUT2D eigenvalue weighted by Crippen LogP contribution is -2.07. The van der Waals surface area contributed by atoms with Gasteiger partial charge < -0.3 is 4.74 Å². The van der Waals surface area contributed by atoms with Gasteiger partial charge >= 0.3 is 0 Å². The molecule has 3 heterocycles. The Kier molecular flexibility index (Phi) is 4.21. The third-order valence-corrected chi connectivity index (χ3v) is 4.41. The van der Waals surface area contributed by atoms with Crippen LogP contribution in [0.4, 0.5) is 8.78 Å². The van der Waals surface area contributed by atoms with Gasteiger partial charge in [0.2, 0.25) is 11.9 Å². The molecule has 0 aliphatic rings. The van der Waals surface area contributed by atoms with Crippen molar-refractivity contribution in [3.8, 4) is 17.0 Å². The van der Waals surface area contributed by atoms with Crippen LogP contribution in [-0.2, 0) is 0 Å². The van der Waals surface area contributed by atoms with Gasteiger partial charge in [-0.05, 0) is 0 Å². The molecule has 0 saturated carbocycles. The summed E-state index contributed by atoms with van der Waals surface area (Å²) >= 11 is 1.65. The van der Waals surface area contributed by atoms with E-state index in [1.54, 1.807) is 29.5 Å². The fourth-order valence-corrected chi connectivity index (χ4v) is 3.44. The number of rotatable bonds is 3. The number of methoxy groups -OCH3 is 1. The Hall–Kier alpha value is -2.15. The molecular formula is C17H17F2N3OS.